The molecular weight excluding hydrogens is 316 g/mol. The molecule has 0 saturated carbocycles. The molecule has 1 aromatic carbocycles. The van der Waals surface area contributed by atoms with E-state index in [9.17, 15) is 8.78 Å². The highest BCUT2D eigenvalue weighted by Gasteiger charge is 2.19. The van der Waals surface area contributed by atoms with E-state index < -0.39 is 11.6 Å². The van der Waals surface area contributed by atoms with Crippen LogP contribution in [0.15, 0.2) is 16.6 Å². The van der Waals surface area contributed by atoms with Crippen LogP contribution in [0.5, 0.6) is 0 Å². The monoisotopic (exact) mass is 333 g/mol. The fourth-order valence-electron chi connectivity index (χ4n) is 2.39. The lowest BCUT2D eigenvalue weighted by atomic mass is 9.99. The van der Waals surface area contributed by atoms with E-state index in [1.807, 2.05) is 0 Å². The van der Waals surface area contributed by atoms with Gasteiger partial charge in [0.1, 0.15) is 11.6 Å². The number of halogens is 3. The van der Waals surface area contributed by atoms with Gasteiger partial charge in [-0.1, -0.05) is 0 Å². The molecule has 2 unspecified atom stereocenters. The second-order valence-electron chi connectivity index (χ2n) is 5.00. The minimum absolute atomic E-state index is 0.0641. The summed E-state index contributed by atoms with van der Waals surface area (Å²) in [5, 5.41) is 0. The van der Waals surface area contributed by atoms with Crippen molar-refractivity contribution in [2.24, 2.45) is 5.73 Å². The molecule has 5 heteroatoms. The molecule has 0 amide bonds. The molecule has 1 heterocycles. The summed E-state index contributed by atoms with van der Waals surface area (Å²) in [7, 11) is 0. The Hall–Kier alpha value is -0.520. The highest BCUT2D eigenvalue weighted by atomic mass is 79.9. The molecule has 2 atom stereocenters. The summed E-state index contributed by atoms with van der Waals surface area (Å²) < 4.78 is 33.2. The molecule has 2 N–H and O–H groups in total. The van der Waals surface area contributed by atoms with Crippen molar-refractivity contribution in [1.82, 2.24) is 0 Å². The van der Waals surface area contributed by atoms with Crippen molar-refractivity contribution in [3.63, 3.8) is 0 Å². The zero-order valence-corrected chi connectivity index (χ0v) is 12.3. The van der Waals surface area contributed by atoms with E-state index in [-0.39, 0.29) is 28.6 Å². The quantitative estimate of drug-likeness (QED) is 0.836. The smallest absolute Gasteiger partial charge is 0.143 e. The van der Waals surface area contributed by atoms with Crippen molar-refractivity contribution in [2.75, 3.05) is 6.61 Å². The van der Waals surface area contributed by atoms with Crippen molar-refractivity contribution < 1.29 is 13.5 Å². The van der Waals surface area contributed by atoms with E-state index >= 15 is 0 Å². The van der Waals surface area contributed by atoms with Crippen LogP contribution in [-0.2, 0) is 11.2 Å². The van der Waals surface area contributed by atoms with Crippen LogP contribution in [0, 0.1) is 11.6 Å². The first-order valence-electron chi connectivity index (χ1n) is 6.57. The van der Waals surface area contributed by atoms with Gasteiger partial charge >= 0.3 is 0 Å². The summed E-state index contributed by atoms with van der Waals surface area (Å²) >= 11 is 3.06. The number of benzene rings is 1. The third-order valence-electron chi connectivity index (χ3n) is 3.49. The van der Waals surface area contributed by atoms with Gasteiger partial charge in [-0.15, -0.1) is 0 Å². The van der Waals surface area contributed by atoms with Crippen molar-refractivity contribution in [3.05, 3.63) is 33.8 Å². The van der Waals surface area contributed by atoms with Crippen molar-refractivity contribution >= 4 is 15.9 Å². The van der Waals surface area contributed by atoms with Gasteiger partial charge in [0, 0.05) is 18.2 Å². The van der Waals surface area contributed by atoms with E-state index in [1.54, 1.807) is 0 Å². The van der Waals surface area contributed by atoms with E-state index in [0.717, 1.165) is 32.3 Å². The van der Waals surface area contributed by atoms with Crippen molar-refractivity contribution in [3.8, 4) is 0 Å². The Bertz CT molecular complexity index is 436. The number of rotatable bonds is 5. The Labute approximate surface area is 120 Å². The highest BCUT2D eigenvalue weighted by Crippen LogP contribution is 2.24. The Kier molecular flexibility index (Phi) is 5.30. The largest absolute Gasteiger partial charge is 0.378 e. The molecule has 106 valence electrons. The van der Waals surface area contributed by atoms with Crippen LogP contribution < -0.4 is 5.73 Å². The molecule has 1 aromatic rings. The maximum Gasteiger partial charge on any atom is 0.143 e. The topological polar surface area (TPSA) is 35.2 Å². The first-order chi connectivity index (χ1) is 9.08. The molecular formula is C14H18BrF2NO. The number of hydrogen-bond acceptors (Lipinski definition) is 2. The molecule has 0 radical (unpaired) electrons. The van der Waals surface area contributed by atoms with Gasteiger partial charge in [0.25, 0.3) is 0 Å². The highest BCUT2D eigenvalue weighted by molar-refractivity contribution is 9.10. The van der Waals surface area contributed by atoms with E-state index in [0.29, 0.717) is 0 Å². The zero-order chi connectivity index (χ0) is 13.8. The predicted molar refractivity (Wildman–Crippen MR) is 73.9 cm³/mol. The minimum Gasteiger partial charge on any atom is -0.378 e. The lowest BCUT2D eigenvalue weighted by molar-refractivity contribution is 0.101. The lowest BCUT2D eigenvalue weighted by Crippen LogP contribution is -2.25. The van der Waals surface area contributed by atoms with Crippen LogP contribution in [0.2, 0.25) is 0 Å². The van der Waals surface area contributed by atoms with Gasteiger partial charge in [0.15, 0.2) is 0 Å². The first kappa shape index (κ1) is 14.9. The van der Waals surface area contributed by atoms with Gasteiger partial charge in [0.2, 0.25) is 0 Å². The third kappa shape index (κ3) is 3.97. The van der Waals surface area contributed by atoms with Crippen LogP contribution in [0.3, 0.4) is 0 Å². The normalized spacial score (nSPS) is 20.7. The van der Waals surface area contributed by atoms with Gasteiger partial charge < -0.3 is 10.5 Å². The Morgan fingerprint density at radius 2 is 2.21 bits per heavy atom. The van der Waals surface area contributed by atoms with Gasteiger partial charge in [-0.05, 0) is 60.2 Å². The summed E-state index contributed by atoms with van der Waals surface area (Å²) in [6.07, 6.45) is 4.21. The Morgan fingerprint density at radius 1 is 1.42 bits per heavy atom. The van der Waals surface area contributed by atoms with Crippen LogP contribution in [0.1, 0.15) is 31.2 Å². The first-order valence-corrected chi connectivity index (χ1v) is 7.36. The van der Waals surface area contributed by atoms with Crippen LogP contribution in [0.4, 0.5) is 8.78 Å². The third-order valence-corrected chi connectivity index (χ3v) is 4.10. The second kappa shape index (κ2) is 6.77. The average molecular weight is 334 g/mol. The predicted octanol–water partition coefficient (Wildman–Crippen LogP) is 3.56. The second-order valence-corrected chi connectivity index (χ2v) is 5.85. The summed E-state index contributed by atoms with van der Waals surface area (Å²) in [4.78, 5) is 0. The summed E-state index contributed by atoms with van der Waals surface area (Å²) in [5.74, 6) is -1.08. The molecule has 1 fully saturated rings. The summed E-state index contributed by atoms with van der Waals surface area (Å²) in [5.41, 5.74) is 6.03. The molecule has 0 bridgehead atoms. The zero-order valence-electron chi connectivity index (χ0n) is 10.7. The number of hydrogen-bond donors (Lipinski definition) is 1. The molecule has 2 rings (SSSR count). The lowest BCUT2D eigenvalue weighted by Gasteiger charge is -2.15. The molecule has 19 heavy (non-hydrogen) atoms. The van der Waals surface area contributed by atoms with Gasteiger partial charge in [0.05, 0.1) is 10.6 Å². The van der Waals surface area contributed by atoms with Crippen molar-refractivity contribution in [1.29, 1.82) is 0 Å². The Morgan fingerprint density at radius 3 is 2.89 bits per heavy atom. The Balaban J connectivity index is 1.91. The van der Waals surface area contributed by atoms with Gasteiger partial charge in [-0.3, -0.25) is 0 Å². The number of ether oxygens (including phenoxy) is 1. The van der Waals surface area contributed by atoms with Crippen molar-refractivity contribution in [2.45, 2.75) is 44.2 Å². The molecule has 0 aromatic heterocycles. The maximum absolute atomic E-state index is 13.8. The van der Waals surface area contributed by atoms with Gasteiger partial charge in [-0.25, -0.2) is 8.78 Å². The maximum atomic E-state index is 13.8. The molecule has 0 spiro atoms. The molecule has 1 aliphatic heterocycles. The van der Waals surface area contributed by atoms with E-state index in [1.165, 1.54) is 12.1 Å². The summed E-state index contributed by atoms with van der Waals surface area (Å²) in [6, 6.07) is 2.38. The molecule has 1 aliphatic rings. The van der Waals surface area contributed by atoms with Gasteiger partial charge in [-0.2, -0.15) is 0 Å². The summed E-state index contributed by atoms with van der Waals surface area (Å²) in [6.45, 7) is 0.814. The van der Waals surface area contributed by atoms with Crippen LogP contribution in [0.25, 0.3) is 0 Å². The fraction of sp³-hybridized carbons (Fsp3) is 0.571. The van der Waals surface area contributed by atoms with Crippen LogP contribution >= 0.6 is 15.9 Å². The van der Waals surface area contributed by atoms with Crippen LogP contribution in [-0.4, -0.2) is 18.8 Å². The molecule has 2 nitrogen and oxygen atoms in total. The number of nitrogens with two attached hydrogens (primary N) is 1. The average Bonchev–Trinajstić information content (AvgIpc) is 2.90. The SMILES string of the molecule is NC(CCC1CCCO1)Cc1c(F)ccc(Br)c1F. The van der Waals surface area contributed by atoms with E-state index in [2.05, 4.69) is 15.9 Å². The standard InChI is InChI=1S/C14H18BrF2NO/c15-12-5-6-13(16)11(14(12)17)8-9(18)3-4-10-2-1-7-19-10/h5-6,9-10H,1-4,7-8,18H2. The minimum atomic E-state index is -0.549. The van der Waals surface area contributed by atoms with E-state index in [4.69, 9.17) is 10.5 Å². The molecule has 1 saturated heterocycles. The molecule has 0 aliphatic carbocycles. The fourth-order valence-corrected chi connectivity index (χ4v) is 2.76.